The fourth-order valence-electron chi connectivity index (χ4n) is 3.41. The molecule has 0 unspecified atom stereocenters. The van der Waals surface area contributed by atoms with Crippen molar-refractivity contribution in [3.63, 3.8) is 0 Å². The first kappa shape index (κ1) is 15.9. The van der Waals surface area contributed by atoms with Gasteiger partial charge in [0.1, 0.15) is 13.2 Å². The molecule has 0 atom stereocenters. The van der Waals surface area contributed by atoms with Gasteiger partial charge in [-0.25, -0.2) is 0 Å². The molecule has 130 valence electrons. The number of hydrogen-bond acceptors (Lipinski definition) is 4. The van der Waals surface area contributed by atoms with E-state index in [0.717, 1.165) is 36.3 Å². The SMILES string of the molecule is CN(CCc1ccncc1)C(=O)C1(c2ccc3c(c2)OCCO3)CC1. The van der Waals surface area contributed by atoms with Gasteiger partial charge in [0, 0.05) is 26.0 Å². The number of ether oxygens (including phenoxy) is 2. The molecule has 0 N–H and O–H groups in total. The van der Waals surface area contributed by atoms with Crippen molar-refractivity contribution in [2.24, 2.45) is 0 Å². The van der Waals surface area contributed by atoms with Crippen LogP contribution in [0, 0.1) is 0 Å². The zero-order valence-electron chi connectivity index (χ0n) is 14.4. The van der Waals surface area contributed by atoms with E-state index in [2.05, 4.69) is 4.98 Å². The lowest BCUT2D eigenvalue weighted by atomic mass is 9.93. The van der Waals surface area contributed by atoms with Gasteiger partial charge in [-0.1, -0.05) is 6.07 Å². The minimum atomic E-state index is -0.386. The maximum absolute atomic E-state index is 13.1. The largest absolute Gasteiger partial charge is 0.486 e. The Bertz CT molecular complexity index is 772. The number of pyridine rings is 1. The monoisotopic (exact) mass is 338 g/mol. The number of hydrogen-bond donors (Lipinski definition) is 0. The Balaban J connectivity index is 1.47. The van der Waals surface area contributed by atoms with Crippen molar-refractivity contribution in [2.75, 3.05) is 26.8 Å². The molecule has 2 aromatic rings. The van der Waals surface area contributed by atoms with E-state index in [1.807, 2.05) is 42.3 Å². The Hall–Kier alpha value is -2.56. The molecule has 1 aliphatic carbocycles. The molecule has 0 saturated heterocycles. The summed E-state index contributed by atoms with van der Waals surface area (Å²) in [5, 5.41) is 0. The van der Waals surface area contributed by atoms with Crippen molar-refractivity contribution >= 4 is 5.91 Å². The summed E-state index contributed by atoms with van der Waals surface area (Å²) in [5.74, 6) is 1.71. The van der Waals surface area contributed by atoms with Gasteiger partial charge >= 0.3 is 0 Å². The predicted octanol–water partition coefficient (Wildman–Crippen LogP) is 2.59. The fourth-order valence-corrected chi connectivity index (χ4v) is 3.41. The van der Waals surface area contributed by atoms with E-state index in [1.165, 1.54) is 5.56 Å². The van der Waals surface area contributed by atoms with Gasteiger partial charge < -0.3 is 14.4 Å². The average molecular weight is 338 g/mol. The van der Waals surface area contributed by atoms with E-state index in [0.29, 0.717) is 19.8 Å². The molecule has 0 radical (unpaired) electrons. The predicted molar refractivity (Wildman–Crippen MR) is 93.9 cm³/mol. The number of nitrogens with zero attached hydrogens (tertiary/aromatic N) is 2. The van der Waals surface area contributed by atoms with Gasteiger partial charge in [-0.15, -0.1) is 0 Å². The summed E-state index contributed by atoms with van der Waals surface area (Å²) in [4.78, 5) is 18.9. The Morgan fingerprint density at radius 1 is 1.12 bits per heavy atom. The first-order valence-corrected chi connectivity index (χ1v) is 8.74. The third-order valence-electron chi connectivity index (χ3n) is 5.09. The molecule has 1 aromatic heterocycles. The van der Waals surface area contributed by atoms with Crippen LogP contribution in [-0.2, 0) is 16.6 Å². The van der Waals surface area contributed by atoms with Crippen LogP contribution in [0.4, 0.5) is 0 Å². The van der Waals surface area contributed by atoms with Crippen LogP contribution in [0.15, 0.2) is 42.7 Å². The summed E-state index contributed by atoms with van der Waals surface area (Å²) in [6.07, 6.45) is 6.20. The molecule has 5 heteroatoms. The van der Waals surface area contributed by atoms with Crippen LogP contribution in [0.25, 0.3) is 0 Å². The molecule has 1 aliphatic heterocycles. The molecule has 25 heavy (non-hydrogen) atoms. The van der Waals surface area contributed by atoms with Crippen LogP contribution < -0.4 is 9.47 Å². The number of carbonyl (C=O) groups is 1. The quantitative estimate of drug-likeness (QED) is 0.841. The van der Waals surface area contributed by atoms with E-state index in [1.54, 1.807) is 12.4 Å². The van der Waals surface area contributed by atoms with Crippen molar-refractivity contribution in [1.82, 2.24) is 9.88 Å². The zero-order valence-corrected chi connectivity index (χ0v) is 14.4. The summed E-state index contributed by atoms with van der Waals surface area (Å²) < 4.78 is 11.3. The molecule has 1 fully saturated rings. The number of fused-ring (bicyclic) bond motifs is 1. The van der Waals surface area contributed by atoms with Gasteiger partial charge in [-0.2, -0.15) is 0 Å². The number of aromatic nitrogens is 1. The Kier molecular flexibility index (Phi) is 4.07. The van der Waals surface area contributed by atoms with Crippen molar-refractivity contribution in [3.05, 3.63) is 53.9 Å². The first-order chi connectivity index (χ1) is 12.2. The topological polar surface area (TPSA) is 51.7 Å². The molecule has 0 spiro atoms. The molecule has 1 aromatic carbocycles. The van der Waals surface area contributed by atoms with E-state index in [4.69, 9.17) is 9.47 Å². The molecule has 4 rings (SSSR count). The molecular formula is C20H22N2O3. The Morgan fingerprint density at radius 3 is 2.56 bits per heavy atom. The van der Waals surface area contributed by atoms with Crippen molar-refractivity contribution in [3.8, 4) is 11.5 Å². The average Bonchev–Trinajstić information content (AvgIpc) is 3.48. The molecule has 2 aliphatic rings. The van der Waals surface area contributed by atoms with Crippen LogP contribution in [-0.4, -0.2) is 42.6 Å². The van der Waals surface area contributed by atoms with Crippen LogP contribution >= 0.6 is 0 Å². The molecule has 0 bridgehead atoms. The van der Waals surface area contributed by atoms with Gasteiger partial charge in [0.25, 0.3) is 0 Å². The second kappa shape index (κ2) is 6.39. The number of amides is 1. The van der Waals surface area contributed by atoms with Crippen molar-refractivity contribution in [2.45, 2.75) is 24.7 Å². The van der Waals surface area contributed by atoms with Gasteiger partial charge in [0.05, 0.1) is 5.41 Å². The minimum Gasteiger partial charge on any atom is -0.486 e. The highest BCUT2D eigenvalue weighted by molar-refractivity contribution is 5.91. The third-order valence-corrected chi connectivity index (χ3v) is 5.09. The van der Waals surface area contributed by atoms with Gasteiger partial charge in [0.2, 0.25) is 5.91 Å². The Morgan fingerprint density at radius 2 is 1.84 bits per heavy atom. The molecular weight excluding hydrogens is 316 g/mol. The fraction of sp³-hybridized carbons (Fsp3) is 0.400. The standard InChI is InChI=1S/C20H22N2O3/c1-22(11-6-15-4-9-21-10-5-15)19(23)20(7-8-20)16-2-3-17-18(14-16)25-13-12-24-17/h2-5,9-10,14H,6-8,11-13H2,1H3. The van der Waals surface area contributed by atoms with Gasteiger partial charge in [-0.05, 0) is 54.7 Å². The lowest BCUT2D eigenvalue weighted by Crippen LogP contribution is -2.37. The third kappa shape index (κ3) is 3.06. The van der Waals surface area contributed by atoms with Crippen molar-refractivity contribution < 1.29 is 14.3 Å². The van der Waals surface area contributed by atoms with Crippen LogP contribution in [0.3, 0.4) is 0 Å². The van der Waals surface area contributed by atoms with Gasteiger partial charge in [-0.3, -0.25) is 9.78 Å². The second-order valence-corrected chi connectivity index (χ2v) is 6.77. The highest BCUT2D eigenvalue weighted by Gasteiger charge is 2.52. The smallest absolute Gasteiger partial charge is 0.232 e. The van der Waals surface area contributed by atoms with E-state index >= 15 is 0 Å². The number of likely N-dealkylation sites (N-methyl/N-ethyl adjacent to an activating group) is 1. The van der Waals surface area contributed by atoms with Crippen molar-refractivity contribution in [1.29, 1.82) is 0 Å². The number of benzene rings is 1. The maximum Gasteiger partial charge on any atom is 0.232 e. The first-order valence-electron chi connectivity index (χ1n) is 8.74. The lowest BCUT2D eigenvalue weighted by molar-refractivity contribution is -0.132. The highest BCUT2D eigenvalue weighted by Crippen LogP contribution is 2.51. The lowest BCUT2D eigenvalue weighted by Gasteiger charge is -2.25. The van der Waals surface area contributed by atoms with Gasteiger partial charge in [0.15, 0.2) is 11.5 Å². The second-order valence-electron chi connectivity index (χ2n) is 6.77. The molecule has 2 heterocycles. The van der Waals surface area contributed by atoms with E-state index in [-0.39, 0.29) is 11.3 Å². The number of carbonyl (C=O) groups excluding carboxylic acids is 1. The van der Waals surface area contributed by atoms with E-state index in [9.17, 15) is 4.79 Å². The maximum atomic E-state index is 13.1. The number of rotatable bonds is 5. The Labute approximate surface area is 147 Å². The van der Waals surface area contributed by atoms with E-state index < -0.39 is 0 Å². The molecule has 1 saturated carbocycles. The summed E-state index contributed by atoms with van der Waals surface area (Å²) in [5.41, 5.74) is 1.85. The summed E-state index contributed by atoms with van der Waals surface area (Å²) in [6.45, 7) is 1.84. The highest BCUT2D eigenvalue weighted by atomic mass is 16.6. The molecule has 5 nitrogen and oxygen atoms in total. The summed E-state index contributed by atoms with van der Waals surface area (Å²) >= 11 is 0. The van der Waals surface area contributed by atoms with Crippen LogP contribution in [0.2, 0.25) is 0 Å². The normalized spacial score (nSPS) is 17.0. The minimum absolute atomic E-state index is 0.193. The molecule has 1 amide bonds. The summed E-state index contributed by atoms with van der Waals surface area (Å²) in [7, 11) is 1.89. The van der Waals surface area contributed by atoms with Crippen LogP contribution in [0.5, 0.6) is 11.5 Å². The zero-order chi connectivity index (χ0) is 17.3. The summed E-state index contributed by atoms with van der Waals surface area (Å²) in [6, 6.07) is 9.90. The van der Waals surface area contributed by atoms with Crippen LogP contribution in [0.1, 0.15) is 24.0 Å².